The third-order valence-corrected chi connectivity index (χ3v) is 9.73. The van der Waals surface area contributed by atoms with Gasteiger partial charge in [0.05, 0.1) is 48.0 Å². The monoisotopic (exact) mass is 662 g/mol. The van der Waals surface area contributed by atoms with Gasteiger partial charge in [-0.25, -0.2) is 9.99 Å². The number of ether oxygens (including phenoxy) is 2. The van der Waals surface area contributed by atoms with Crippen LogP contribution in [0.15, 0.2) is 97.2 Å². The average Bonchev–Trinajstić information content (AvgIpc) is 3.69. The second-order valence-electron chi connectivity index (χ2n) is 9.68. The van der Waals surface area contributed by atoms with Crippen LogP contribution < -0.4 is 15.0 Å². The number of halogens is 1. The van der Waals surface area contributed by atoms with Crippen LogP contribution in [0.1, 0.15) is 29.3 Å². The van der Waals surface area contributed by atoms with Crippen molar-refractivity contribution in [2.45, 2.75) is 28.9 Å². The molecule has 0 aliphatic carbocycles. The summed E-state index contributed by atoms with van der Waals surface area (Å²) in [5.74, 6) is 2.16. The summed E-state index contributed by atoms with van der Waals surface area (Å²) in [5, 5.41) is 6.87. The molecule has 0 saturated carbocycles. The Kier molecular flexibility index (Phi) is 8.41. The molecule has 3 heterocycles. The van der Waals surface area contributed by atoms with Crippen LogP contribution in [0.4, 0.5) is 0 Å². The molecule has 0 fully saturated rings. The van der Waals surface area contributed by atoms with Crippen LogP contribution in [-0.4, -0.2) is 51.9 Å². The SMILES string of the molecule is COc1ccc(C2CC(c3ccc(Br)cc3)=NN2C(=O)CSc2nc3c(c(=O)n2-c2ccc(OC)cc2)SCC3)cc1. The fourth-order valence-corrected chi connectivity index (χ4v) is 7.15. The molecular weight excluding hydrogens is 636 g/mol. The molecule has 1 unspecified atom stereocenters. The molecule has 0 bridgehead atoms. The standard InChI is InChI=1S/C31H27BrN4O4S2/c1-39-23-11-5-20(6-12-23)27-17-26(19-3-7-21(32)8-4-19)34-36(27)28(37)18-42-31-33-25-15-16-41-29(25)30(38)35(31)22-9-13-24(40-2)14-10-22/h3-14,27H,15-18H2,1-2H3. The average molecular weight is 664 g/mol. The predicted octanol–water partition coefficient (Wildman–Crippen LogP) is 6.13. The number of rotatable bonds is 8. The number of hydrogen-bond acceptors (Lipinski definition) is 8. The fraction of sp³-hybridized carbons (Fsp3) is 0.226. The first-order valence-corrected chi connectivity index (χ1v) is 16.1. The molecule has 0 saturated heterocycles. The lowest BCUT2D eigenvalue weighted by atomic mass is 9.98. The number of carbonyl (C=O) groups is 1. The Balaban J connectivity index is 1.31. The van der Waals surface area contributed by atoms with Crippen molar-refractivity contribution in [2.75, 3.05) is 25.7 Å². The quantitative estimate of drug-likeness (QED) is 0.166. The molecule has 1 atom stereocenters. The second-order valence-corrected chi connectivity index (χ2v) is 12.6. The van der Waals surface area contributed by atoms with Gasteiger partial charge in [-0.1, -0.05) is 52.0 Å². The third kappa shape index (κ3) is 5.73. The maximum absolute atomic E-state index is 13.8. The van der Waals surface area contributed by atoms with Crippen molar-refractivity contribution < 1.29 is 14.3 Å². The van der Waals surface area contributed by atoms with E-state index in [-0.39, 0.29) is 23.3 Å². The molecule has 0 N–H and O–H groups in total. The number of thioether (sulfide) groups is 2. The normalized spacial score (nSPS) is 15.8. The first kappa shape index (κ1) is 28.6. The van der Waals surface area contributed by atoms with E-state index in [2.05, 4.69) is 15.9 Å². The van der Waals surface area contributed by atoms with Gasteiger partial charge in [0.1, 0.15) is 11.5 Å². The third-order valence-electron chi connectivity index (χ3n) is 7.17. The summed E-state index contributed by atoms with van der Waals surface area (Å²) in [7, 11) is 3.23. The number of hydrogen-bond donors (Lipinski definition) is 0. The second kappa shape index (κ2) is 12.4. The number of methoxy groups -OCH3 is 2. The van der Waals surface area contributed by atoms with E-state index in [0.717, 1.165) is 44.9 Å². The topological polar surface area (TPSA) is 86.0 Å². The van der Waals surface area contributed by atoms with Gasteiger partial charge in [0.15, 0.2) is 5.16 Å². The van der Waals surface area contributed by atoms with Gasteiger partial charge < -0.3 is 9.47 Å². The first-order chi connectivity index (χ1) is 20.4. The summed E-state index contributed by atoms with van der Waals surface area (Å²) in [6.45, 7) is 0. The van der Waals surface area contributed by atoms with Crippen molar-refractivity contribution in [2.24, 2.45) is 5.10 Å². The van der Waals surface area contributed by atoms with Gasteiger partial charge in [-0.05, 0) is 59.7 Å². The van der Waals surface area contributed by atoms with Crippen LogP contribution in [0.3, 0.4) is 0 Å². The van der Waals surface area contributed by atoms with Gasteiger partial charge in [0, 0.05) is 23.1 Å². The molecule has 1 amide bonds. The lowest BCUT2D eigenvalue weighted by Gasteiger charge is -2.22. The van der Waals surface area contributed by atoms with Gasteiger partial charge >= 0.3 is 0 Å². The minimum Gasteiger partial charge on any atom is -0.497 e. The number of amides is 1. The van der Waals surface area contributed by atoms with E-state index < -0.39 is 0 Å². The van der Waals surface area contributed by atoms with Gasteiger partial charge in [0.25, 0.3) is 11.5 Å². The zero-order chi connectivity index (χ0) is 29.2. The number of carbonyl (C=O) groups excluding carboxylic acids is 1. The highest BCUT2D eigenvalue weighted by Crippen LogP contribution is 2.35. The van der Waals surface area contributed by atoms with E-state index in [1.807, 2.05) is 72.8 Å². The zero-order valence-corrected chi connectivity index (χ0v) is 26.2. The van der Waals surface area contributed by atoms with E-state index in [9.17, 15) is 9.59 Å². The number of hydrazone groups is 1. The Labute approximate surface area is 260 Å². The van der Waals surface area contributed by atoms with E-state index >= 15 is 0 Å². The van der Waals surface area contributed by atoms with Gasteiger partial charge in [-0.15, -0.1) is 11.8 Å². The van der Waals surface area contributed by atoms with Crippen LogP contribution in [0.25, 0.3) is 5.69 Å². The van der Waals surface area contributed by atoms with Crippen molar-refractivity contribution in [3.63, 3.8) is 0 Å². The van der Waals surface area contributed by atoms with Crippen LogP contribution in [0.5, 0.6) is 11.5 Å². The molecule has 1 aromatic heterocycles. The van der Waals surface area contributed by atoms with Gasteiger partial charge in [-0.2, -0.15) is 5.10 Å². The van der Waals surface area contributed by atoms with Crippen molar-refractivity contribution in [3.8, 4) is 17.2 Å². The smallest absolute Gasteiger partial charge is 0.272 e. The highest BCUT2D eigenvalue weighted by molar-refractivity contribution is 9.10. The van der Waals surface area contributed by atoms with Crippen molar-refractivity contribution >= 4 is 51.1 Å². The number of aryl methyl sites for hydroxylation is 1. The Morgan fingerprint density at radius 1 is 1.00 bits per heavy atom. The van der Waals surface area contributed by atoms with Crippen LogP contribution in [0.2, 0.25) is 0 Å². The minimum atomic E-state index is -0.268. The summed E-state index contributed by atoms with van der Waals surface area (Å²) >= 11 is 6.27. The largest absolute Gasteiger partial charge is 0.497 e. The van der Waals surface area contributed by atoms with E-state index in [1.165, 1.54) is 23.5 Å². The minimum absolute atomic E-state index is 0.0678. The lowest BCUT2D eigenvalue weighted by Crippen LogP contribution is -2.29. The molecule has 11 heteroatoms. The Morgan fingerprint density at radius 2 is 1.67 bits per heavy atom. The molecule has 6 rings (SSSR count). The number of benzene rings is 3. The molecule has 214 valence electrons. The zero-order valence-electron chi connectivity index (χ0n) is 23.0. The number of aromatic nitrogens is 2. The Morgan fingerprint density at radius 3 is 2.33 bits per heavy atom. The predicted molar refractivity (Wildman–Crippen MR) is 169 cm³/mol. The highest BCUT2D eigenvalue weighted by Gasteiger charge is 2.33. The molecule has 3 aromatic carbocycles. The molecule has 0 radical (unpaired) electrons. The molecule has 8 nitrogen and oxygen atoms in total. The van der Waals surface area contributed by atoms with Crippen molar-refractivity contribution in [3.05, 3.63) is 104 Å². The summed E-state index contributed by atoms with van der Waals surface area (Å²) in [6.07, 6.45) is 1.31. The maximum atomic E-state index is 13.8. The molecule has 0 spiro atoms. The molecular formula is C31H27BrN4O4S2. The molecule has 4 aromatic rings. The summed E-state index contributed by atoms with van der Waals surface area (Å²) in [5.41, 5.74) is 4.11. The first-order valence-electron chi connectivity index (χ1n) is 13.3. The molecule has 42 heavy (non-hydrogen) atoms. The number of nitrogens with zero attached hydrogens (tertiary/aromatic N) is 4. The lowest BCUT2D eigenvalue weighted by molar-refractivity contribution is -0.130. The Hall–Kier alpha value is -3.54. The van der Waals surface area contributed by atoms with Crippen LogP contribution >= 0.6 is 39.5 Å². The van der Waals surface area contributed by atoms with Gasteiger partial charge in [-0.3, -0.25) is 14.2 Å². The van der Waals surface area contributed by atoms with Crippen molar-refractivity contribution in [1.82, 2.24) is 14.6 Å². The van der Waals surface area contributed by atoms with E-state index in [1.54, 1.807) is 23.8 Å². The van der Waals surface area contributed by atoms with Crippen LogP contribution in [0, 0.1) is 0 Å². The Bertz CT molecular complexity index is 1710. The summed E-state index contributed by atoms with van der Waals surface area (Å²) in [4.78, 5) is 32.9. The summed E-state index contributed by atoms with van der Waals surface area (Å²) < 4.78 is 13.2. The van der Waals surface area contributed by atoms with Gasteiger partial charge in [0.2, 0.25) is 0 Å². The van der Waals surface area contributed by atoms with Crippen LogP contribution in [-0.2, 0) is 11.2 Å². The molecule has 2 aliphatic rings. The van der Waals surface area contributed by atoms with E-state index in [4.69, 9.17) is 19.6 Å². The fourth-order valence-electron chi connectivity index (χ4n) is 4.98. The van der Waals surface area contributed by atoms with Crippen molar-refractivity contribution in [1.29, 1.82) is 0 Å². The van der Waals surface area contributed by atoms with E-state index in [0.29, 0.717) is 27.9 Å². The number of fused-ring (bicyclic) bond motifs is 1. The highest BCUT2D eigenvalue weighted by atomic mass is 79.9. The summed E-state index contributed by atoms with van der Waals surface area (Å²) in [6, 6.07) is 22.7. The maximum Gasteiger partial charge on any atom is 0.272 e. The molecule has 2 aliphatic heterocycles.